The van der Waals surface area contributed by atoms with E-state index in [1.165, 1.54) is 0 Å². The van der Waals surface area contributed by atoms with Gasteiger partial charge in [0.1, 0.15) is 5.76 Å². The number of aliphatic imine (C=N–C) groups is 1. The Labute approximate surface area is 126 Å². The molecule has 3 nitrogen and oxygen atoms in total. The van der Waals surface area contributed by atoms with Crippen LogP contribution in [-0.2, 0) is 0 Å². The van der Waals surface area contributed by atoms with E-state index in [0.29, 0.717) is 10.4 Å². The molecule has 2 aromatic heterocycles. The van der Waals surface area contributed by atoms with Gasteiger partial charge >= 0.3 is 0 Å². The van der Waals surface area contributed by atoms with Crippen molar-refractivity contribution in [3.8, 4) is 0 Å². The van der Waals surface area contributed by atoms with Crippen molar-refractivity contribution in [2.24, 2.45) is 4.99 Å². The first kappa shape index (κ1) is 12.6. The average molecular weight is 380 g/mol. The first-order valence-electron chi connectivity index (χ1n) is 5.56. The van der Waals surface area contributed by atoms with E-state index in [2.05, 4.69) is 41.8 Å². The first-order chi connectivity index (χ1) is 9.22. The second-order valence-corrected chi connectivity index (χ2v) is 5.48. The first-order valence-corrected chi connectivity index (χ1v) is 7.15. The fourth-order valence-electron chi connectivity index (χ4n) is 1.71. The third kappa shape index (κ3) is 2.77. The Kier molecular flexibility index (Phi) is 3.48. The Bertz CT molecular complexity index is 745. The minimum Gasteiger partial charge on any atom is -0.447 e. The standard InChI is InChI=1S/C14H8Br2N2O/c15-12-7-11(19-14(12)16)8-18-10-3-4-13-9(6-10)2-1-5-17-13/h1-8H. The summed E-state index contributed by atoms with van der Waals surface area (Å²) in [6, 6.07) is 11.7. The summed E-state index contributed by atoms with van der Waals surface area (Å²) in [4.78, 5) is 8.67. The molecule has 0 bridgehead atoms. The second kappa shape index (κ2) is 5.27. The normalized spacial score (nSPS) is 11.5. The van der Waals surface area contributed by atoms with Crippen molar-refractivity contribution in [2.75, 3.05) is 0 Å². The van der Waals surface area contributed by atoms with E-state index in [4.69, 9.17) is 4.42 Å². The molecule has 0 radical (unpaired) electrons. The minimum atomic E-state index is 0.664. The number of benzene rings is 1. The molecule has 0 fully saturated rings. The zero-order valence-electron chi connectivity index (χ0n) is 9.68. The van der Waals surface area contributed by atoms with E-state index < -0.39 is 0 Å². The molecule has 0 aliphatic carbocycles. The van der Waals surface area contributed by atoms with Crippen molar-refractivity contribution in [3.63, 3.8) is 0 Å². The molecule has 19 heavy (non-hydrogen) atoms. The number of furan rings is 1. The fourth-order valence-corrected chi connectivity index (χ4v) is 2.32. The van der Waals surface area contributed by atoms with Crippen LogP contribution in [0.2, 0.25) is 0 Å². The van der Waals surface area contributed by atoms with Gasteiger partial charge in [-0.1, -0.05) is 6.07 Å². The van der Waals surface area contributed by atoms with Crippen molar-refractivity contribution >= 4 is 54.7 Å². The number of aromatic nitrogens is 1. The molecule has 0 aliphatic heterocycles. The lowest BCUT2D eigenvalue weighted by atomic mass is 10.2. The lowest BCUT2D eigenvalue weighted by Gasteiger charge is -1.97. The van der Waals surface area contributed by atoms with Gasteiger partial charge in [-0.2, -0.15) is 0 Å². The number of hydrogen-bond acceptors (Lipinski definition) is 3. The van der Waals surface area contributed by atoms with Crippen LogP contribution in [0.5, 0.6) is 0 Å². The summed E-state index contributed by atoms with van der Waals surface area (Å²) in [6.07, 6.45) is 3.47. The fraction of sp³-hybridized carbons (Fsp3) is 0. The van der Waals surface area contributed by atoms with Crippen molar-refractivity contribution < 1.29 is 4.42 Å². The molecule has 0 saturated carbocycles. The van der Waals surface area contributed by atoms with E-state index in [0.717, 1.165) is 21.1 Å². The van der Waals surface area contributed by atoms with Gasteiger partial charge in [0.15, 0.2) is 4.67 Å². The molecular formula is C14H8Br2N2O. The van der Waals surface area contributed by atoms with E-state index >= 15 is 0 Å². The van der Waals surface area contributed by atoms with Crippen LogP contribution in [-0.4, -0.2) is 11.2 Å². The molecule has 2 heterocycles. The largest absolute Gasteiger partial charge is 0.447 e. The van der Waals surface area contributed by atoms with Crippen LogP contribution in [0.15, 0.2) is 61.1 Å². The number of nitrogens with zero attached hydrogens (tertiary/aromatic N) is 2. The smallest absolute Gasteiger partial charge is 0.184 e. The Morgan fingerprint density at radius 1 is 1.16 bits per heavy atom. The molecule has 0 N–H and O–H groups in total. The van der Waals surface area contributed by atoms with Crippen molar-refractivity contribution in [3.05, 3.63) is 57.5 Å². The van der Waals surface area contributed by atoms with E-state index in [1.807, 2.05) is 36.4 Å². The molecule has 1 aromatic carbocycles. The summed E-state index contributed by atoms with van der Waals surface area (Å²) in [5, 5.41) is 1.07. The average Bonchev–Trinajstić information content (AvgIpc) is 2.75. The van der Waals surface area contributed by atoms with Crippen LogP contribution < -0.4 is 0 Å². The van der Waals surface area contributed by atoms with Gasteiger partial charge in [-0.3, -0.25) is 9.98 Å². The SMILES string of the molecule is Brc1cc(C=Nc2ccc3ncccc3c2)oc1Br. The van der Waals surface area contributed by atoms with E-state index in [9.17, 15) is 0 Å². The Morgan fingerprint density at radius 2 is 2.05 bits per heavy atom. The van der Waals surface area contributed by atoms with Gasteiger partial charge in [-0.05, 0) is 56.1 Å². The monoisotopic (exact) mass is 378 g/mol. The molecule has 3 rings (SSSR count). The summed E-state index contributed by atoms with van der Waals surface area (Å²) < 4.78 is 6.97. The van der Waals surface area contributed by atoms with Crippen LogP contribution >= 0.6 is 31.9 Å². The predicted octanol–water partition coefficient (Wildman–Crippen LogP) is 5.10. The highest BCUT2D eigenvalue weighted by Crippen LogP contribution is 2.26. The highest BCUT2D eigenvalue weighted by molar-refractivity contribution is 9.13. The van der Waals surface area contributed by atoms with Gasteiger partial charge in [0.25, 0.3) is 0 Å². The lowest BCUT2D eigenvalue weighted by Crippen LogP contribution is -1.77. The number of halogens is 2. The predicted molar refractivity (Wildman–Crippen MR) is 83.1 cm³/mol. The van der Waals surface area contributed by atoms with E-state index in [-0.39, 0.29) is 0 Å². The Balaban J connectivity index is 1.92. The number of rotatable bonds is 2. The summed E-state index contributed by atoms with van der Waals surface area (Å²) in [5.74, 6) is 0.685. The third-order valence-electron chi connectivity index (χ3n) is 2.59. The summed E-state index contributed by atoms with van der Waals surface area (Å²) in [6.45, 7) is 0. The van der Waals surface area contributed by atoms with Crippen molar-refractivity contribution in [2.45, 2.75) is 0 Å². The highest BCUT2D eigenvalue weighted by Gasteiger charge is 2.03. The molecular weight excluding hydrogens is 372 g/mol. The molecule has 0 aliphatic rings. The van der Waals surface area contributed by atoms with Crippen LogP contribution in [0.25, 0.3) is 10.9 Å². The molecule has 0 amide bonds. The molecule has 0 unspecified atom stereocenters. The topological polar surface area (TPSA) is 38.4 Å². The van der Waals surface area contributed by atoms with Crippen molar-refractivity contribution in [1.29, 1.82) is 0 Å². The molecule has 3 aromatic rings. The number of hydrogen-bond donors (Lipinski definition) is 0. The van der Waals surface area contributed by atoms with Gasteiger partial charge in [0.05, 0.1) is 21.9 Å². The van der Waals surface area contributed by atoms with Gasteiger partial charge in [0.2, 0.25) is 0 Å². The van der Waals surface area contributed by atoms with Crippen LogP contribution in [0.1, 0.15) is 5.76 Å². The molecule has 0 saturated heterocycles. The van der Waals surface area contributed by atoms with Gasteiger partial charge < -0.3 is 4.42 Å². The number of pyridine rings is 1. The quantitative estimate of drug-likeness (QED) is 0.580. The molecule has 0 spiro atoms. The summed E-state index contributed by atoms with van der Waals surface area (Å²) in [7, 11) is 0. The maximum absolute atomic E-state index is 5.43. The zero-order chi connectivity index (χ0) is 13.2. The second-order valence-electron chi connectivity index (χ2n) is 3.91. The zero-order valence-corrected chi connectivity index (χ0v) is 12.8. The molecule has 5 heteroatoms. The Morgan fingerprint density at radius 3 is 2.84 bits per heavy atom. The van der Waals surface area contributed by atoms with Gasteiger partial charge in [-0.25, -0.2) is 0 Å². The van der Waals surface area contributed by atoms with Crippen LogP contribution in [0.3, 0.4) is 0 Å². The highest BCUT2D eigenvalue weighted by atomic mass is 79.9. The maximum Gasteiger partial charge on any atom is 0.184 e. The lowest BCUT2D eigenvalue weighted by molar-refractivity contribution is 0.533. The van der Waals surface area contributed by atoms with E-state index in [1.54, 1.807) is 12.4 Å². The summed E-state index contributed by atoms with van der Waals surface area (Å²) >= 11 is 6.66. The molecule has 94 valence electrons. The maximum atomic E-state index is 5.43. The van der Waals surface area contributed by atoms with Crippen LogP contribution in [0.4, 0.5) is 5.69 Å². The third-order valence-corrected chi connectivity index (χ3v) is 4.30. The Hall–Kier alpha value is -1.46. The van der Waals surface area contributed by atoms with Crippen molar-refractivity contribution in [1.82, 2.24) is 4.98 Å². The number of fused-ring (bicyclic) bond motifs is 1. The minimum absolute atomic E-state index is 0.664. The van der Waals surface area contributed by atoms with Gasteiger partial charge in [0, 0.05) is 17.6 Å². The summed E-state index contributed by atoms with van der Waals surface area (Å²) in [5.41, 5.74) is 1.83. The van der Waals surface area contributed by atoms with Crippen LogP contribution in [0, 0.1) is 0 Å². The van der Waals surface area contributed by atoms with Gasteiger partial charge in [-0.15, -0.1) is 0 Å². The molecule has 0 atom stereocenters.